The van der Waals surface area contributed by atoms with Gasteiger partial charge in [0.25, 0.3) is 0 Å². The molecule has 0 N–H and O–H groups in total. The van der Waals surface area contributed by atoms with Crippen LogP contribution in [0.2, 0.25) is 5.02 Å². The van der Waals surface area contributed by atoms with Crippen molar-refractivity contribution in [2.24, 2.45) is 0 Å². The lowest BCUT2D eigenvalue weighted by Crippen LogP contribution is -2.40. The number of anilines is 1. The highest BCUT2D eigenvalue weighted by molar-refractivity contribution is 8.01. The van der Waals surface area contributed by atoms with Crippen LogP contribution in [0.3, 0.4) is 0 Å². The van der Waals surface area contributed by atoms with Crippen molar-refractivity contribution in [2.45, 2.75) is 35.9 Å². The van der Waals surface area contributed by atoms with Crippen LogP contribution in [0.5, 0.6) is 0 Å². The number of ketones is 1. The second-order valence-electron chi connectivity index (χ2n) is 6.59. The molecule has 1 amide bonds. The molecule has 2 aromatic rings. The number of aromatic nitrogens is 2. The lowest BCUT2D eigenvalue weighted by Gasteiger charge is -2.37. The summed E-state index contributed by atoms with van der Waals surface area (Å²) in [6.45, 7) is 3.71. The molecule has 1 aromatic carbocycles. The number of halogens is 1. The zero-order valence-corrected chi connectivity index (χ0v) is 17.4. The van der Waals surface area contributed by atoms with Crippen molar-refractivity contribution >= 4 is 51.5 Å². The van der Waals surface area contributed by atoms with Gasteiger partial charge in [0.1, 0.15) is 0 Å². The Morgan fingerprint density at radius 3 is 2.89 bits per heavy atom. The van der Waals surface area contributed by atoms with Gasteiger partial charge in [-0.05, 0) is 24.5 Å². The van der Waals surface area contributed by atoms with Crippen molar-refractivity contribution in [3.63, 3.8) is 0 Å². The molecule has 0 radical (unpaired) electrons. The van der Waals surface area contributed by atoms with Crippen molar-refractivity contribution < 1.29 is 9.59 Å². The van der Waals surface area contributed by atoms with Crippen LogP contribution in [0, 0.1) is 0 Å². The first-order valence-corrected chi connectivity index (χ1v) is 11.2. The summed E-state index contributed by atoms with van der Waals surface area (Å²) in [7, 11) is 0. The van der Waals surface area contributed by atoms with E-state index in [9.17, 15) is 9.59 Å². The van der Waals surface area contributed by atoms with E-state index in [1.54, 1.807) is 17.0 Å². The summed E-state index contributed by atoms with van der Waals surface area (Å²) in [5.74, 6) is 0.441. The van der Waals surface area contributed by atoms with Gasteiger partial charge in [-0.15, -0.1) is 16.8 Å². The van der Waals surface area contributed by atoms with Gasteiger partial charge in [-0.3, -0.25) is 14.5 Å². The normalized spacial score (nSPS) is 19.8. The quantitative estimate of drug-likeness (QED) is 0.379. The van der Waals surface area contributed by atoms with Crippen LogP contribution in [-0.2, 0) is 9.59 Å². The maximum Gasteiger partial charge on any atom is 0.234 e. The summed E-state index contributed by atoms with van der Waals surface area (Å²) in [5.41, 5.74) is 2.29. The standard InChI is InChI=1S/C20H18ClN3O2S2/c1-2-10-27-20-23-22-19(28-20)24-15-8-5-9-16(25)18(15)13(11-17(24)26)12-6-3-4-7-14(12)21/h2-4,6-7,13H,1,5,8-11H2/t13-/m0/s1. The summed E-state index contributed by atoms with van der Waals surface area (Å²) in [5, 5.41) is 9.50. The highest BCUT2D eigenvalue weighted by Crippen LogP contribution is 2.45. The van der Waals surface area contributed by atoms with Crippen LogP contribution in [0.1, 0.15) is 37.2 Å². The van der Waals surface area contributed by atoms with E-state index in [0.29, 0.717) is 28.6 Å². The Kier molecular flexibility index (Phi) is 5.66. The number of carbonyl (C=O) groups excluding carboxylic acids is 2. The van der Waals surface area contributed by atoms with Crippen LogP contribution < -0.4 is 4.90 Å². The van der Waals surface area contributed by atoms with Gasteiger partial charge in [0.2, 0.25) is 11.0 Å². The molecule has 0 fully saturated rings. The molecule has 144 valence electrons. The van der Waals surface area contributed by atoms with Gasteiger partial charge in [0.05, 0.1) is 0 Å². The molecule has 4 rings (SSSR count). The van der Waals surface area contributed by atoms with Crippen molar-refractivity contribution in [3.8, 4) is 0 Å². The first-order valence-electron chi connectivity index (χ1n) is 9.01. The summed E-state index contributed by atoms with van der Waals surface area (Å²) in [6.07, 6.45) is 3.89. The van der Waals surface area contributed by atoms with Gasteiger partial charge < -0.3 is 0 Å². The van der Waals surface area contributed by atoms with Gasteiger partial charge in [-0.25, -0.2) is 0 Å². The first kappa shape index (κ1) is 19.4. The average molecular weight is 432 g/mol. The van der Waals surface area contributed by atoms with E-state index in [1.807, 2.05) is 18.2 Å². The number of rotatable bonds is 5. The topological polar surface area (TPSA) is 63.2 Å². The molecule has 1 aromatic heterocycles. The number of carbonyl (C=O) groups is 2. The van der Waals surface area contributed by atoms with E-state index in [2.05, 4.69) is 16.8 Å². The minimum atomic E-state index is -0.303. The molecule has 0 bridgehead atoms. The van der Waals surface area contributed by atoms with Crippen molar-refractivity contribution in [2.75, 3.05) is 10.7 Å². The molecule has 8 heteroatoms. The second-order valence-corrected chi connectivity index (χ2v) is 9.22. The van der Waals surface area contributed by atoms with E-state index < -0.39 is 0 Å². The zero-order chi connectivity index (χ0) is 19.7. The lowest BCUT2D eigenvalue weighted by molar-refractivity contribution is -0.119. The Morgan fingerprint density at radius 2 is 2.11 bits per heavy atom. The molecular weight excluding hydrogens is 414 g/mol. The predicted octanol–water partition coefficient (Wildman–Crippen LogP) is 5.00. The molecule has 1 aliphatic heterocycles. The molecule has 28 heavy (non-hydrogen) atoms. The SMILES string of the molecule is C=CCSc1nnc(N2C(=O)C[C@@H](c3ccccc3Cl)C3=C2CCCC3=O)s1. The molecule has 0 unspecified atom stereocenters. The zero-order valence-electron chi connectivity index (χ0n) is 15.1. The number of hydrogen-bond acceptors (Lipinski definition) is 6. The molecule has 2 aliphatic rings. The van der Waals surface area contributed by atoms with Gasteiger partial charge in [0.15, 0.2) is 10.1 Å². The lowest BCUT2D eigenvalue weighted by atomic mass is 9.77. The number of nitrogens with zero attached hydrogens (tertiary/aromatic N) is 3. The monoisotopic (exact) mass is 431 g/mol. The van der Waals surface area contributed by atoms with Crippen molar-refractivity contribution in [1.29, 1.82) is 0 Å². The highest BCUT2D eigenvalue weighted by atomic mass is 35.5. The Balaban J connectivity index is 1.78. The van der Waals surface area contributed by atoms with E-state index in [0.717, 1.165) is 27.8 Å². The van der Waals surface area contributed by atoms with Gasteiger partial charge in [-0.2, -0.15) is 0 Å². The highest BCUT2D eigenvalue weighted by Gasteiger charge is 2.41. The molecular formula is C20H18ClN3O2S2. The van der Waals surface area contributed by atoms with E-state index in [1.165, 1.54) is 23.1 Å². The molecule has 5 nitrogen and oxygen atoms in total. The summed E-state index contributed by atoms with van der Waals surface area (Å²) in [4.78, 5) is 27.6. The third-order valence-electron chi connectivity index (χ3n) is 4.87. The Bertz CT molecular complexity index is 985. The maximum absolute atomic E-state index is 13.1. The number of hydrogen-bond donors (Lipinski definition) is 0. The number of thioether (sulfide) groups is 1. The smallest absolute Gasteiger partial charge is 0.234 e. The summed E-state index contributed by atoms with van der Waals surface area (Å²) in [6, 6.07) is 7.44. The summed E-state index contributed by atoms with van der Waals surface area (Å²) < 4.78 is 0.778. The minimum absolute atomic E-state index is 0.0743. The molecule has 1 aliphatic carbocycles. The minimum Gasteiger partial charge on any atom is -0.294 e. The summed E-state index contributed by atoms with van der Waals surface area (Å²) >= 11 is 9.29. The van der Waals surface area contributed by atoms with Gasteiger partial charge in [0, 0.05) is 40.8 Å². The fourth-order valence-electron chi connectivity index (χ4n) is 3.72. The van der Waals surface area contributed by atoms with Gasteiger partial charge >= 0.3 is 0 Å². The molecule has 0 saturated carbocycles. The Labute approximate surface area is 176 Å². The van der Waals surface area contributed by atoms with E-state index in [4.69, 9.17) is 11.6 Å². The number of amides is 1. The van der Waals surface area contributed by atoms with Gasteiger partial charge in [-0.1, -0.05) is 59.0 Å². The van der Waals surface area contributed by atoms with Crippen molar-refractivity contribution in [1.82, 2.24) is 10.2 Å². The predicted molar refractivity (Wildman–Crippen MR) is 113 cm³/mol. The number of Topliss-reactive ketones (excluding diaryl/α,β-unsaturated/α-hetero) is 1. The maximum atomic E-state index is 13.1. The fraction of sp³-hybridized carbons (Fsp3) is 0.300. The largest absolute Gasteiger partial charge is 0.294 e. The van der Waals surface area contributed by atoms with E-state index in [-0.39, 0.29) is 24.0 Å². The first-order chi connectivity index (χ1) is 13.6. The van der Waals surface area contributed by atoms with Crippen LogP contribution in [0.4, 0.5) is 5.13 Å². The third kappa shape index (κ3) is 3.54. The van der Waals surface area contributed by atoms with Crippen LogP contribution in [0.15, 0.2) is 52.5 Å². The Hall–Kier alpha value is -1.96. The third-order valence-corrected chi connectivity index (χ3v) is 7.25. The number of allylic oxidation sites excluding steroid dienone is 2. The average Bonchev–Trinajstić information content (AvgIpc) is 3.14. The fourth-order valence-corrected chi connectivity index (χ4v) is 5.63. The molecule has 0 spiro atoms. The second kappa shape index (κ2) is 8.19. The van der Waals surface area contributed by atoms with E-state index >= 15 is 0 Å². The molecule has 0 saturated heterocycles. The Morgan fingerprint density at radius 1 is 1.29 bits per heavy atom. The molecule has 2 heterocycles. The number of benzene rings is 1. The molecule has 1 atom stereocenters. The van der Waals surface area contributed by atoms with Crippen molar-refractivity contribution in [3.05, 3.63) is 58.8 Å². The van der Waals surface area contributed by atoms with Crippen LogP contribution >= 0.6 is 34.7 Å². The van der Waals surface area contributed by atoms with Crippen LogP contribution in [-0.4, -0.2) is 27.6 Å². The van der Waals surface area contributed by atoms with Crippen LogP contribution in [0.25, 0.3) is 0 Å².